The molecule has 1 heterocycles. The first-order valence-corrected chi connectivity index (χ1v) is 6.40. The third-order valence-corrected chi connectivity index (χ3v) is 3.42. The van der Waals surface area contributed by atoms with Gasteiger partial charge >= 0.3 is 0 Å². The van der Waals surface area contributed by atoms with Crippen molar-refractivity contribution < 1.29 is 9.59 Å². The number of amides is 2. The third-order valence-electron chi connectivity index (χ3n) is 3.42. The van der Waals surface area contributed by atoms with Crippen LogP contribution in [0, 0.1) is 5.41 Å². The van der Waals surface area contributed by atoms with Crippen LogP contribution in [0.2, 0.25) is 0 Å². The summed E-state index contributed by atoms with van der Waals surface area (Å²) in [7, 11) is 0. The summed E-state index contributed by atoms with van der Waals surface area (Å²) in [6.07, 6.45) is 6.60. The highest BCUT2D eigenvalue weighted by Gasteiger charge is 2.27. The van der Waals surface area contributed by atoms with Crippen molar-refractivity contribution in [3.8, 4) is 0 Å². The molecular formula is C14H23NO2. The second-order valence-corrected chi connectivity index (χ2v) is 5.53. The number of hydrogen-bond acceptors (Lipinski definition) is 2. The number of carbonyl (C=O) groups excluding carboxylic acids is 2. The van der Waals surface area contributed by atoms with E-state index in [1.807, 2.05) is 6.08 Å². The highest BCUT2D eigenvalue weighted by molar-refractivity contribution is 5.96. The smallest absolute Gasteiger partial charge is 0.229 e. The number of carbonyl (C=O) groups is 2. The van der Waals surface area contributed by atoms with Gasteiger partial charge in [0.2, 0.25) is 11.8 Å². The van der Waals surface area contributed by atoms with Gasteiger partial charge in [-0.2, -0.15) is 0 Å². The molecule has 0 unspecified atom stereocenters. The molecule has 96 valence electrons. The van der Waals surface area contributed by atoms with Crippen molar-refractivity contribution in [2.75, 3.05) is 6.54 Å². The van der Waals surface area contributed by atoms with Gasteiger partial charge in [0.1, 0.15) is 0 Å². The Balaban J connectivity index is 2.36. The zero-order valence-electron chi connectivity index (χ0n) is 11.0. The fourth-order valence-corrected chi connectivity index (χ4v) is 2.11. The summed E-state index contributed by atoms with van der Waals surface area (Å²) >= 11 is 0. The fraction of sp³-hybridized carbons (Fsp3) is 0.714. The van der Waals surface area contributed by atoms with Crippen LogP contribution in [0.4, 0.5) is 0 Å². The van der Waals surface area contributed by atoms with Crippen LogP contribution >= 0.6 is 0 Å². The number of rotatable bonds is 6. The molecule has 0 aliphatic carbocycles. The summed E-state index contributed by atoms with van der Waals surface area (Å²) < 4.78 is 0. The molecule has 0 aromatic rings. The van der Waals surface area contributed by atoms with Crippen molar-refractivity contribution in [1.82, 2.24) is 4.90 Å². The molecule has 0 spiro atoms. The Morgan fingerprint density at radius 1 is 1.47 bits per heavy atom. The number of nitrogens with zero attached hydrogens (tertiary/aromatic N) is 1. The van der Waals surface area contributed by atoms with Crippen LogP contribution in [0.15, 0.2) is 12.7 Å². The molecule has 0 atom stereocenters. The van der Waals surface area contributed by atoms with Crippen molar-refractivity contribution in [1.29, 1.82) is 0 Å². The molecule has 2 amide bonds. The summed E-state index contributed by atoms with van der Waals surface area (Å²) in [5.41, 5.74) is 0.145. The summed E-state index contributed by atoms with van der Waals surface area (Å²) in [4.78, 5) is 24.7. The normalized spacial score (nSPS) is 16.4. The van der Waals surface area contributed by atoms with E-state index in [1.54, 1.807) is 0 Å². The highest BCUT2D eigenvalue weighted by Crippen LogP contribution is 2.29. The number of imide groups is 1. The van der Waals surface area contributed by atoms with E-state index in [-0.39, 0.29) is 17.2 Å². The van der Waals surface area contributed by atoms with Crippen LogP contribution in [0.25, 0.3) is 0 Å². The molecule has 3 nitrogen and oxygen atoms in total. The van der Waals surface area contributed by atoms with E-state index in [4.69, 9.17) is 0 Å². The molecule has 1 fully saturated rings. The van der Waals surface area contributed by atoms with E-state index in [0.717, 1.165) is 25.7 Å². The molecule has 3 heteroatoms. The van der Waals surface area contributed by atoms with Gasteiger partial charge in [-0.1, -0.05) is 19.9 Å². The molecule has 0 radical (unpaired) electrons. The topological polar surface area (TPSA) is 37.4 Å². The van der Waals surface area contributed by atoms with Crippen LogP contribution in [-0.2, 0) is 9.59 Å². The maximum atomic E-state index is 11.9. The molecule has 1 aliphatic heterocycles. The van der Waals surface area contributed by atoms with Gasteiger partial charge in [-0.3, -0.25) is 14.5 Å². The van der Waals surface area contributed by atoms with Gasteiger partial charge in [-0.05, 0) is 31.1 Å². The van der Waals surface area contributed by atoms with E-state index < -0.39 is 0 Å². The lowest BCUT2D eigenvalue weighted by Crippen LogP contribution is -2.32. The molecule has 0 aromatic heterocycles. The first-order valence-electron chi connectivity index (χ1n) is 6.40. The SMILES string of the molecule is C=CCCC(C)(C)CCC(=O)N1CCCC1=O. The second kappa shape index (κ2) is 5.99. The Hall–Kier alpha value is -1.12. The van der Waals surface area contributed by atoms with Crippen LogP contribution in [-0.4, -0.2) is 23.3 Å². The molecule has 0 aromatic carbocycles. The predicted molar refractivity (Wildman–Crippen MR) is 68.4 cm³/mol. The van der Waals surface area contributed by atoms with Crippen molar-refractivity contribution in [3.63, 3.8) is 0 Å². The molecule has 17 heavy (non-hydrogen) atoms. The summed E-state index contributed by atoms with van der Waals surface area (Å²) in [5, 5.41) is 0. The number of likely N-dealkylation sites (tertiary alicyclic amines) is 1. The summed E-state index contributed by atoms with van der Waals surface area (Å²) in [5.74, 6) is -0.00178. The zero-order valence-corrected chi connectivity index (χ0v) is 11.0. The van der Waals surface area contributed by atoms with E-state index in [2.05, 4.69) is 20.4 Å². The van der Waals surface area contributed by atoms with Gasteiger partial charge < -0.3 is 0 Å². The standard InChI is InChI=1S/C14H23NO2/c1-4-5-9-14(2,3)10-8-13(17)15-11-6-7-12(15)16/h4H,1,5-11H2,2-3H3. The Morgan fingerprint density at radius 2 is 2.18 bits per heavy atom. The maximum absolute atomic E-state index is 11.9. The van der Waals surface area contributed by atoms with Gasteiger partial charge in [-0.25, -0.2) is 0 Å². The highest BCUT2D eigenvalue weighted by atomic mass is 16.2. The molecule has 0 bridgehead atoms. The van der Waals surface area contributed by atoms with Crippen molar-refractivity contribution in [2.24, 2.45) is 5.41 Å². The van der Waals surface area contributed by atoms with Gasteiger partial charge in [0.05, 0.1) is 0 Å². The monoisotopic (exact) mass is 237 g/mol. The minimum Gasteiger partial charge on any atom is -0.283 e. The van der Waals surface area contributed by atoms with Gasteiger partial charge in [-0.15, -0.1) is 6.58 Å². The Kier molecular flexibility index (Phi) is 4.91. The van der Waals surface area contributed by atoms with E-state index >= 15 is 0 Å². The van der Waals surface area contributed by atoms with Crippen LogP contribution in [0.1, 0.15) is 52.4 Å². The minimum absolute atomic E-state index is 0.000761. The van der Waals surface area contributed by atoms with Gasteiger partial charge in [0.25, 0.3) is 0 Å². The molecule has 0 N–H and O–H groups in total. The van der Waals surface area contributed by atoms with Gasteiger partial charge in [0, 0.05) is 19.4 Å². The average molecular weight is 237 g/mol. The lowest BCUT2D eigenvalue weighted by atomic mass is 9.83. The van der Waals surface area contributed by atoms with E-state index in [0.29, 0.717) is 19.4 Å². The number of hydrogen-bond donors (Lipinski definition) is 0. The van der Waals surface area contributed by atoms with Gasteiger partial charge in [0.15, 0.2) is 0 Å². The van der Waals surface area contributed by atoms with Crippen molar-refractivity contribution in [2.45, 2.75) is 52.4 Å². The lowest BCUT2D eigenvalue weighted by molar-refractivity contribution is -0.142. The molecule has 0 saturated carbocycles. The van der Waals surface area contributed by atoms with Crippen LogP contribution in [0.3, 0.4) is 0 Å². The van der Waals surface area contributed by atoms with E-state index in [1.165, 1.54) is 4.90 Å². The van der Waals surface area contributed by atoms with Crippen LogP contribution < -0.4 is 0 Å². The molecule has 1 saturated heterocycles. The average Bonchev–Trinajstić information content (AvgIpc) is 2.70. The fourth-order valence-electron chi connectivity index (χ4n) is 2.11. The quantitative estimate of drug-likeness (QED) is 0.666. The first-order chi connectivity index (χ1) is 7.96. The molecule has 1 aliphatic rings. The van der Waals surface area contributed by atoms with Crippen LogP contribution in [0.5, 0.6) is 0 Å². The summed E-state index contributed by atoms with van der Waals surface area (Å²) in [6.45, 7) is 8.65. The molecular weight excluding hydrogens is 214 g/mol. The summed E-state index contributed by atoms with van der Waals surface area (Å²) in [6, 6.07) is 0. The largest absolute Gasteiger partial charge is 0.283 e. The Morgan fingerprint density at radius 3 is 2.71 bits per heavy atom. The van der Waals surface area contributed by atoms with Crippen molar-refractivity contribution >= 4 is 11.8 Å². The Labute approximate surface area is 104 Å². The first kappa shape index (κ1) is 13.9. The number of allylic oxidation sites excluding steroid dienone is 1. The molecule has 1 rings (SSSR count). The maximum Gasteiger partial charge on any atom is 0.229 e. The van der Waals surface area contributed by atoms with Crippen molar-refractivity contribution in [3.05, 3.63) is 12.7 Å². The predicted octanol–water partition coefficient (Wildman–Crippen LogP) is 2.91. The van der Waals surface area contributed by atoms with E-state index in [9.17, 15) is 9.59 Å². The second-order valence-electron chi connectivity index (χ2n) is 5.53. The Bertz CT molecular complexity index is 307. The lowest BCUT2D eigenvalue weighted by Gasteiger charge is -2.24. The third kappa shape index (κ3) is 4.33. The zero-order chi connectivity index (χ0) is 12.9. The minimum atomic E-state index is -0.00102.